The maximum absolute atomic E-state index is 7.36. The molecule has 0 fully saturated rings. The van der Waals surface area contributed by atoms with Crippen LogP contribution < -0.4 is 10.5 Å². The van der Waals surface area contributed by atoms with Gasteiger partial charge < -0.3 is 10.5 Å². The quantitative estimate of drug-likeness (QED) is 0.648. The maximum atomic E-state index is 7.36. The number of ether oxygens (including phenoxy) is 1. The van der Waals surface area contributed by atoms with Gasteiger partial charge >= 0.3 is 0 Å². The Morgan fingerprint density at radius 1 is 0.947 bits per heavy atom. The minimum absolute atomic E-state index is 0.0643. The molecule has 2 aromatic carbocycles. The summed E-state index contributed by atoms with van der Waals surface area (Å²) in [6.07, 6.45) is 0. The van der Waals surface area contributed by atoms with Crippen LogP contribution in [-0.4, -0.2) is 5.84 Å². The zero-order chi connectivity index (χ0) is 14.0. The van der Waals surface area contributed by atoms with Gasteiger partial charge in [0, 0.05) is 5.56 Å². The molecule has 98 valence electrons. The number of nitrogen functional groups attached to an aromatic ring is 1. The highest BCUT2D eigenvalue weighted by Gasteiger charge is 2.07. The number of amidine groups is 1. The first-order chi connectivity index (χ1) is 8.99. The summed E-state index contributed by atoms with van der Waals surface area (Å²) >= 11 is 0. The second-order valence-electron chi connectivity index (χ2n) is 4.69. The maximum Gasteiger partial charge on any atom is 0.133 e. The molecule has 0 aromatic heterocycles. The third-order valence-corrected chi connectivity index (χ3v) is 3.26. The molecule has 0 aliphatic heterocycles. The number of benzene rings is 2. The van der Waals surface area contributed by atoms with Crippen molar-refractivity contribution < 1.29 is 4.74 Å². The molecule has 0 unspecified atom stereocenters. The van der Waals surface area contributed by atoms with Crippen LogP contribution in [0.25, 0.3) is 0 Å². The average molecular weight is 254 g/mol. The largest absolute Gasteiger partial charge is 0.457 e. The monoisotopic (exact) mass is 254 g/mol. The van der Waals surface area contributed by atoms with Crippen LogP contribution in [0.4, 0.5) is 0 Å². The standard InChI is InChI=1S/C16H18N2O/c1-10-4-5-11(2)15(12(10)3)19-14-8-6-13(7-9-14)16(17)18/h4-9H,1-3H3,(H3,17,18). The lowest BCUT2D eigenvalue weighted by molar-refractivity contribution is 0.474. The Morgan fingerprint density at radius 2 is 1.53 bits per heavy atom. The summed E-state index contributed by atoms with van der Waals surface area (Å²) in [6, 6.07) is 11.4. The minimum Gasteiger partial charge on any atom is -0.457 e. The highest BCUT2D eigenvalue weighted by molar-refractivity contribution is 5.94. The Bertz CT molecular complexity index is 615. The lowest BCUT2D eigenvalue weighted by Crippen LogP contribution is -2.10. The van der Waals surface area contributed by atoms with Crippen molar-refractivity contribution in [1.29, 1.82) is 5.41 Å². The second-order valence-corrected chi connectivity index (χ2v) is 4.69. The third-order valence-electron chi connectivity index (χ3n) is 3.26. The molecule has 0 spiro atoms. The molecule has 3 nitrogen and oxygen atoms in total. The summed E-state index contributed by atoms with van der Waals surface area (Å²) in [5.74, 6) is 1.71. The number of hydrogen-bond donors (Lipinski definition) is 2. The van der Waals surface area contributed by atoms with Crippen molar-refractivity contribution >= 4 is 5.84 Å². The second kappa shape index (κ2) is 5.14. The van der Waals surface area contributed by atoms with Crippen LogP contribution in [-0.2, 0) is 0 Å². The van der Waals surface area contributed by atoms with Gasteiger partial charge in [0.25, 0.3) is 0 Å². The first kappa shape index (κ1) is 13.1. The van der Waals surface area contributed by atoms with Crippen LogP contribution in [0, 0.1) is 26.2 Å². The van der Waals surface area contributed by atoms with E-state index in [-0.39, 0.29) is 5.84 Å². The molecule has 3 heteroatoms. The zero-order valence-electron chi connectivity index (χ0n) is 11.4. The molecule has 0 aliphatic carbocycles. The molecule has 3 N–H and O–H groups in total. The number of hydrogen-bond acceptors (Lipinski definition) is 2. The molecule has 2 aromatic rings. The molecule has 2 rings (SSSR count). The summed E-state index contributed by atoms with van der Waals surface area (Å²) in [7, 11) is 0. The molecule has 0 saturated carbocycles. The molecule has 0 heterocycles. The number of nitrogens with one attached hydrogen (secondary N) is 1. The summed E-state index contributed by atoms with van der Waals surface area (Å²) < 4.78 is 5.94. The Morgan fingerprint density at radius 3 is 2.11 bits per heavy atom. The molecular formula is C16H18N2O. The third kappa shape index (κ3) is 2.76. The van der Waals surface area contributed by atoms with Crippen LogP contribution in [0.3, 0.4) is 0 Å². The van der Waals surface area contributed by atoms with Gasteiger partial charge in [0.05, 0.1) is 0 Å². The van der Waals surface area contributed by atoms with Gasteiger partial charge in [0.2, 0.25) is 0 Å². The van der Waals surface area contributed by atoms with E-state index in [9.17, 15) is 0 Å². The summed E-state index contributed by atoms with van der Waals surface area (Å²) in [5.41, 5.74) is 9.59. The van der Waals surface area contributed by atoms with E-state index in [2.05, 4.69) is 26.0 Å². The van der Waals surface area contributed by atoms with Crippen molar-refractivity contribution in [3.05, 3.63) is 58.7 Å². The van der Waals surface area contributed by atoms with Gasteiger partial charge in [-0.2, -0.15) is 0 Å². The van der Waals surface area contributed by atoms with E-state index < -0.39 is 0 Å². The van der Waals surface area contributed by atoms with Gasteiger partial charge in [0.15, 0.2) is 0 Å². The van der Waals surface area contributed by atoms with Gasteiger partial charge in [-0.05, 0) is 61.7 Å². The van der Waals surface area contributed by atoms with Crippen molar-refractivity contribution in [2.75, 3.05) is 0 Å². The van der Waals surface area contributed by atoms with E-state index in [0.29, 0.717) is 5.56 Å². The Hall–Kier alpha value is -2.29. The average Bonchev–Trinajstić information content (AvgIpc) is 2.40. The van der Waals surface area contributed by atoms with E-state index in [1.54, 1.807) is 12.1 Å². The Labute approximate surface area is 113 Å². The van der Waals surface area contributed by atoms with Gasteiger partial charge in [0.1, 0.15) is 17.3 Å². The minimum atomic E-state index is 0.0643. The number of aryl methyl sites for hydroxylation is 2. The normalized spacial score (nSPS) is 10.3. The fourth-order valence-electron chi connectivity index (χ4n) is 1.90. The van der Waals surface area contributed by atoms with Crippen molar-refractivity contribution in [2.45, 2.75) is 20.8 Å². The molecule has 0 saturated heterocycles. The molecule has 19 heavy (non-hydrogen) atoms. The van der Waals surface area contributed by atoms with Crippen LogP contribution in [0.1, 0.15) is 22.3 Å². The van der Waals surface area contributed by atoms with E-state index in [1.807, 2.05) is 19.1 Å². The fraction of sp³-hybridized carbons (Fsp3) is 0.188. The first-order valence-corrected chi connectivity index (χ1v) is 6.18. The van der Waals surface area contributed by atoms with Gasteiger partial charge in [-0.3, -0.25) is 5.41 Å². The van der Waals surface area contributed by atoms with Gasteiger partial charge in [-0.1, -0.05) is 12.1 Å². The number of rotatable bonds is 3. The Kier molecular flexibility index (Phi) is 3.56. The molecule has 0 aliphatic rings. The molecule has 0 atom stereocenters. The van der Waals surface area contributed by atoms with Crippen molar-refractivity contribution in [2.24, 2.45) is 5.73 Å². The smallest absolute Gasteiger partial charge is 0.133 e. The van der Waals surface area contributed by atoms with Crippen molar-refractivity contribution in [3.8, 4) is 11.5 Å². The Balaban J connectivity index is 2.31. The van der Waals surface area contributed by atoms with Crippen LogP contribution in [0.2, 0.25) is 0 Å². The SMILES string of the molecule is Cc1ccc(C)c(Oc2ccc(C(=N)N)cc2)c1C. The summed E-state index contributed by atoms with van der Waals surface area (Å²) in [4.78, 5) is 0. The van der Waals surface area contributed by atoms with E-state index in [0.717, 1.165) is 22.6 Å². The van der Waals surface area contributed by atoms with Gasteiger partial charge in [-0.25, -0.2) is 0 Å². The van der Waals surface area contributed by atoms with E-state index in [1.165, 1.54) is 5.56 Å². The molecular weight excluding hydrogens is 236 g/mol. The fourth-order valence-corrected chi connectivity index (χ4v) is 1.90. The van der Waals surface area contributed by atoms with Crippen molar-refractivity contribution in [1.82, 2.24) is 0 Å². The highest BCUT2D eigenvalue weighted by Crippen LogP contribution is 2.30. The number of nitrogens with two attached hydrogens (primary N) is 1. The molecule has 0 bridgehead atoms. The van der Waals surface area contributed by atoms with Crippen LogP contribution >= 0.6 is 0 Å². The lowest BCUT2D eigenvalue weighted by atomic mass is 10.1. The predicted octanol–water partition coefficient (Wildman–Crippen LogP) is 3.69. The first-order valence-electron chi connectivity index (χ1n) is 6.18. The molecule has 0 amide bonds. The summed E-state index contributed by atoms with van der Waals surface area (Å²) in [5, 5.41) is 7.36. The van der Waals surface area contributed by atoms with Crippen LogP contribution in [0.5, 0.6) is 11.5 Å². The van der Waals surface area contributed by atoms with Gasteiger partial charge in [-0.15, -0.1) is 0 Å². The molecule has 0 radical (unpaired) electrons. The van der Waals surface area contributed by atoms with E-state index in [4.69, 9.17) is 15.9 Å². The highest BCUT2D eigenvalue weighted by atomic mass is 16.5. The van der Waals surface area contributed by atoms with E-state index >= 15 is 0 Å². The van der Waals surface area contributed by atoms with Crippen molar-refractivity contribution in [3.63, 3.8) is 0 Å². The lowest BCUT2D eigenvalue weighted by Gasteiger charge is -2.13. The summed E-state index contributed by atoms with van der Waals surface area (Å²) in [6.45, 7) is 6.16. The zero-order valence-corrected chi connectivity index (χ0v) is 11.4. The predicted molar refractivity (Wildman–Crippen MR) is 78.2 cm³/mol. The topological polar surface area (TPSA) is 59.1 Å². The van der Waals surface area contributed by atoms with Crippen LogP contribution in [0.15, 0.2) is 36.4 Å².